The van der Waals surface area contributed by atoms with E-state index in [4.69, 9.17) is 11.6 Å². The van der Waals surface area contributed by atoms with Gasteiger partial charge in [-0.1, -0.05) is 31.5 Å². The average Bonchev–Trinajstić information content (AvgIpc) is 3.02. The predicted octanol–water partition coefficient (Wildman–Crippen LogP) is 4.05. The molecule has 0 heterocycles. The van der Waals surface area contributed by atoms with Crippen molar-refractivity contribution in [2.45, 2.75) is 33.1 Å². The first-order chi connectivity index (χ1) is 8.51. The van der Waals surface area contributed by atoms with E-state index in [-0.39, 0.29) is 5.82 Å². The van der Waals surface area contributed by atoms with Gasteiger partial charge in [-0.25, -0.2) is 4.39 Å². The van der Waals surface area contributed by atoms with E-state index in [1.54, 1.807) is 0 Å². The molecular weight excluding hydrogens is 249 g/mol. The van der Waals surface area contributed by atoms with E-state index in [0.29, 0.717) is 16.4 Å². The molecule has 1 fully saturated rings. The number of halogens is 2. The summed E-state index contributed by atoms with van der Waals surface area (Å²) in [4.78, 5) is 0. The highest BCUT2D eigenvalue weighted by atomic mass is 35.5. The Morgan fingerprint density at radius 2 is 2.11 bits per heavy atom. The van der Waals surface area contributed by atoms with E-state index < -0.39 is 0 Å². The highest BCUT2D eigenvalue weighted by Crippen LogP contribution is 2.48. The second-order valence-corrected chi connectivity index (χ2v) is 6.34. The summed E-state index contributed by atoms with van der Waals surface area (Å²) in [5.74, 6) is 0.418. The number of benzene rings is 1. The van der Waals surface area contributed by atoms with Crippen LogP contribution in [0.15, 0.2) is 18.2 Å². The fraction of sp³-hybridized carbons (Fsp3) is 0.600. The van der Waals surface area contributed by atoms with Gasteiger partial charge >= 0.3 is 0 Å². The van der Waals surface area contributed by atoms with Crippen molar-refractivity contribution in [3.8, 4) is 0 Å². The molecule has 100 valence electrons. The minimum absolute atomic E-state index is 0.258. The summed E-state index contributed by atoms with van der Waals surface area (Å²) in [5.41, 5.74) is 1.43. The molecule has 0 aliphatic heterocycles. The van der Waals surface area contributed by atoms with Crippen molar-refractivity contribution >= 4 is 11.6 Å². The molecule has 0 amide bonds. The van der Waals surface area contributed by atoms with Gasteiger partial charge in [0.2, 0.25) is 0 Å². The summed E-state index contributed by atoms with van der Waals surface area (Å²) >= 11 is 6.09. The Balaban J connectivity index is 1.92. The third-order valence-corrected chi connectivity index (χ3v) is 3.94. The zero-order valence-electron chi connectivity index (χ0n) is 11.1. The van der Waals surface area contributed by atoms with Crippen LogP contribution in [0.25, 0.3) is 0 Å². The van der Waals surface area contributed by atoms with Crippen LogP contribution in [0.4, 0.5) is 4.39 Å². The van der Waals surface area contributed by atoms with Gasteiger partial charge in [0.05, 0.1) is 0 Å². The molecule has 2 rings (SSSR count). The van der Waals surface area contributed by atoms with Crippen LogP contribution in [-0.4, -0.2) is 13.1 Å². The molecule has 3 heteroatoms. The maximum absolute atomic E-state index is 13.0. The minimum Gasteiger partial charge on any atom is -0.316 e. The van der Waals surface area contributed by atoms with Crippen molar-refractivity contribution in [2.75, 3.05) is 13.1 Å². The molecule has 1 nitrogen and oxygen atoms in total. The molecule has 0 saturated heterocycles. The average molecular weight is 270 g/mol. The topological polar surface area (TPSA) is 12.0 Å². The van der Waals surface area contributed by atoms with Gasteiger partial charge in [-0.2, -0.15) is 0 Å². The number of nitrogens with one attached hydrogen (secondary N) is 1. The number of hydrogen-bond acceptors (Lipinski definition) is 1. The zero-order chi connectivity index (χ0) is 13.2. The van der Waals surface area contributed by atoms with E-state index in [9.17, 15) is 4.39 Å². The first-order valence-corrected chi connectivity index (χ1v) is 7.03. The second-order valence-electron chi connectivity index (χ2n) is 5.94. The Kier molecular flexibility index (Phi) is 4.29. The van der Waals surface area contributed by atoms with Crippen LogP contribution in [0.1, 0.15) is 32.3 Å². The van der Waals surface area contributed by atoms with Gasteiger partial charge in [-0.3, -0.25) is 0 Å². The van der Waals surface area contributed by atoms with E-state index >= 15 is 0 Å². The maximum atomic E-state index is 13.0. The number of hydrogen-bond donors (Lipinski definition) is 1. The smallest absolute Gasteiger partial charge is 0.124 e. The van der Waals surface area contributed by atoms with E-state index in [2.05, 4.69) is 19.2 Å². The Bertz CT molecular complexity index is 413. The molecule has 0 bridgehead atoms. The summed E-state index contributed by atoms with van der Waals surface area (Å²) in [6.07, 6.45) is 3.44. The highest BCUT2D eigenvalue weighted by molar-refractivity contribution is 6.31. The molecule has 1 aromatic rings. The molecule has 0 aromatic heterocycles. The second kappa shape index (κ2) is 5.58. The van der Waals surface area contributed by atoms with Gasteiger partial charge in [0.1, 0.15) is 5.82 Å². The molecular formula is C15H21ClFN. The van der Waals surface area contributed by atoms with Crippen LogP contribution in [-0.2, 0) is 6.42 Å². The van der Waals surface area contributed by atoms with E-state index in [1.807, 2.05) is 6.07 Å². The molecule has 18 heavy (non-hydrogen) atoms. The third-order valence-electron chi connectivity index (χ3n) is 3.59. The molecule has 0 atom stereocenters. The maximum Gasteiger partial charge on any atom is 0.124 e. The van der Waals surface area contributed by atoms with Crippen molar-refractivity contribution in [3.05, 3.63) is 34.6 Å². The van der Waals surface area contributed by atoms with Gasteiger partial charge in [-0.05, 0) is 54.8 Å². The molecule has 1 aromatic carbocycles. The van der Waals surface area contributed by atoms with Crippen LogP contribution >= 0.6 is 11.6 Å². The summed E-state index contributed by atoms with van der Waals surface area (Å²) in [5, 5.41) is 4.08. The lowest BCUT2D eigenvalue weighted by molar-refractivity contribution is 0.431. The van der Waals surface area contributed by atoms with Crippen LogP contribution in [0.5, 0.6) is 0 Å². The van der Waals surface area contributed by atoms with E-state index in [0.717, 1.165) is 25.1 Å². The Morgan fingerprint density at radius 1 is 1.39 bits per heavy atom. The molecule has 1 saturated carbocycles. The van der Waals surface area contributed by atoms with Crippen molar-refractivity contribution in [2.24, 2.45) is 11.3 Å². The molecule has 1 N–H and O–H groups in total. The fourth-order valence-corrected chi connectivity index (χ4v) is 2.52. The fourth-order valence-electron chi connectivity index (χ4n) is 2.29. The highest BCUT2D eigenvalue weighted by Gasteiger charge is 2.42. The van der Waals surface area contributed by atoms with Crippen molar-refractivity contribution in [1.29, 1.82) is 0 Å². The number of rotatable bonds is 6. The summed E-state index contributed by atoms with van der Waals surface area (Å²) in [6, 6.07) is 4.73. The summed E-state index contributed by atoms with van der Waals surface area (Å²) in [6.45, 7) is 6.52. The molecule has 1 aliphatic rings. The van der Waals surface area contributed by atoms with Gasteiger partial charge in [0, 0.05) is 11.6 Å². The van der Waals surface area contributed by atoms with Crippen molar-refractivity contribution in [3.63, 3.8) is 0 Å². The van der Waals surface area contributed by atoms with Gasteiger partial charge in [0.25, 0.3) is 0 Å². The Morgan fingerprint density at radius 3 is 2.67 bits per heavy atom. The lowest BCUT2D eigenvalue weighted by Gasteiger charge is -2.18. The first-order valence-electron chi connectivity index (χ1n) is 6.65. The lowest BCUT2D eigenvalue weighted by atomic mass is 9.96. The Hall–Kier alpha value is -0.600. The van der Waals surface area contributed by atoms with Gasteiger partial charge in [-0.15, -0.1) is 0 Å². The standard InChI is InChI=1S/C15H21ClFN/c1-11(2)9-18-10-15(5-6-15)8-12-3-4-13(17)7-14(12)16/h3-4,7,11,18H,5-6,8-10H2,1-2H3. The molecule has 1 aliphatic carbocycles. The van der Waals surface area contributed by atoms with Crippen LogP contribution < -0.4 is 5.32 Å². The normalized spacial score (nSPS) is 17.2. The van der Waals surface area contributed by atoms with Crippen LogP contribution in [0.2, 0.25) is 5.02 Å². The quantitative estimate of drug-likeness (QED) is 0.822. The SMILES string of the molecule is CC(C)CNCC1(Cc2ccc(F)cc2Cl)CC1. The third kappa shape index (κ3) is 3.69. The monoisotopic (exact) mass is 269 g/mol. The van der Waals surface area contributed by atoms with Crippen LogP contribution in [0, 0.1) is 17.2 Å². The molecule has 0 spiro atoms. The molecule has 0 radical (unpaired) electrons. The van der Waals surface area contributed by atoms with Gasteiger partial charge < -0.3 is 5.32 Å². The Labute approximate surface area is 114 Å². The molecule has 0 unspecified atom stereocenters. The minimum atomic E-state index is -0.258. The summed E-state index contributed by atoms with van der Waals surface area (Å²) < 4.78 is 13.0. The van der Waals surface area contributed by atoms with Crippen LogP contribution in [0.3, 0.4) is 0 Å². The zero-order valence-corrected chi connectivity index (χ0v) is 11.9. The predicted molar refractivity (Wildman–Crippen MR) is 74.5 cm³/mol. The van der Waals surface area contributed by atoms with E-state index in [1.165, 1.54) is 25.0 Å². The first kappa shape index (κ1) is 13.8. The van der Waals surface area contributed by atoms with Crippen molar-refractivity contribution < 1.29 is 4.39 Å². The van der Waals surface area contributed by atoms with Crippen molar-refractivity contribution in [1.82, 2.24) is 5.32 Å². The largest absolute Gasteiger partial charge is 0.316 e. The lowest BCUT2D eigenvalue weighted by Crippen LogP contribution is -2.28. The summed E-state index contributed by atoms with van der Waals surface area (Å²) in [7, 11) is 0. The van der Waals surface area contributed by atoms with Gasteiger partial charge in [0.15, 0.2) is 0 Å².